The molecule has 0 atom stereocenters. The fourth-order valence-corrected chi connectivity index (χ4v) is 5.39. The highest BCUT2D eigenvalue weighted by molar-refractivity contribution is 7.09. The van der Waals surface area contributed by atoms with E-state index < -0.39 is 29.1 Å². The van der Waals surface area contributed by atoms with Crippen molar-refractivity contribution >= 4 is 22.2 Å². The largest absolute Gasteiger partial charge is 0.493 e. The van der Waals surface area contributed by atoms with Gasteiger partial charge in [-0.1, -0.05) is 42.5 Å². The predicted molar refractivity (Wildman–Crippen MR) is 149 cm³/mol. The summed E-state index contributed by atoms with van der Waals surface area (Å²) < 4.78 is 87.6. The third-order valence-corrected chi connectivity index (χ3v) is 7.92. The number of fused-ring (bicyclic) bond motifs is 1. The number of halogens is 6. The van der Waals surface area contributed by atoms with Gasteiger partial charge in [-0.05, 0) is 42.8 Å². The van der Waals surface area contributed by atoms with Gasteiger partial charge in [0, 0.05) is 23.3 Å². The van der Waals surface area contributed by atoms with Crippen molar-refractivity contribution in [3.63, 3.8) is 0 Å². The first-order chi connectivity index (χ1) is 20.3. The second kappa shape index (κ2) is 11.5. The zero-order chi connectivity index (χ0) is 31.0. The average molecular weight is 620 g/mol. The molecule has 0 spiro atoms. The minimum Gasteiger partial charge on any atom is -0.493 e. The molecule has 0 radical (unpaired) electrons. The molecule has 13 heteroatoms. The minimum absolute atomic E-state index is 0.0345. The number of aromatic nitrogens is 3. The van der Waals surface area contributed by atoms with Crippen LogP contribution < -0.4 is 10.3 Å². The van der Waals surface area contributed by atoms with Crippen LogP contribution in [0.2, 0.25) is 0 Å². The average Bonchev–Trinajstić information content (AvgIpc) is 3.37. The Balaban J connectivity index is 1.57. The van der Waals surface area contributed by atoms with Gasteiger partial charge in [-0.15, -0.1) is 11.3 Å². The van der Waals surface area contributed by atoms with Gasteiger partial charge >= 0.3 is 12.4 Å². The van der Waals surface area contributed by atoms with Gasteiger partial charge in [-0.25, -0.2) is 9.97 Å². The summed E-state index contributed by atoms with van der Waals surface area (Å²) in [5, 5.41) is 9.93. The van der Waals surface area contributed by atoms with Crippen LogP contribution in [-0.2, 0) is 18.4 Å². The Bertz CT molecular complexity index is 1790. The van der Waals surface area contributed by atoms with Gasteiger partial charge in [0.05, 0.1) is 34.4 Å². The molecule has 0 fully saturated rings. The number of rotatable bonds is 8. The van der Waals surface area contributed by atoms with Gasteiger partial charge in [0.1, 0.15) is 11.6 Å². The van der Waals surface area contributed by atoms with Crippen LogP contribution in [0.25, 0.3) is 16.6 Å². The number of thiazole rings is 1. The summed E-state index contributed by atoms with van der Waals surface area (Å²) in [4.78, 5) is 23.7. The van der Waals surface area contributed by atoms with Crippen LogP contribution in [0.1, 0.15) is 27.5 Å². The van der Waals surface area contributed by atoms with Gasteiger partial charge in [-0.3, -0.25) is 9.36 Å². The summed E-state index contributed by atoms with van der Waals surface area (Å²) in [6.45, 7) is 2.20. The molecule has 0 amide bonds. The van der Waals surface area contributed by atoms with Crippen LogP contribution in [0.15, 0.2) is 83.1 Å². The van der Waals surface area contributed by atoms with Crippen molar-refractivity contribution < 1.29 is 36.2 Å². The molecule has 5 rings (SSSR count). The van der Waals surface area contributed by atoms with Gasteiger partial charge in [0.15, 0.2) is 0 Å². The highest BCUT2D eigenvalue weighted by atomic mass is 32.1. The Morgan fingerprint density at radius 3 is 2.21 bits per heavy atom. The molecule has 0 aliphatic heterocycles. The lowest BCUT2D eigenvalue weighted by molar-refractivity contribution is -0.376. The number of ether oxygens (including phenoxy) is 1. The van der Waals surface area contributed by atoms with Crippen molar-refractivity contribution in [3.05, 3.63) is 116 Å². The smallest absolute Gasteiger partial charge is 0.430 e. The first-order valence-corrected chi connectivity index (χ1v) is 13.8. The Morgan fingerprint density at radius 1 is 0.930 bits per heavy atom. The highest BCUT2D eigenvalue weighted by Crippen LogP contribution is 2.50. The second-order valence-corrected chi connectivity index (χ2v) is 10.7. The van der Waals surface area contributed by atoms with E-state index in [1.165, 1.54) is 17.4 Å². The van der Waals surface area contributed by atoms with Crippen molar-refractivity contribution in [2.75, 3.05) is 6.61 Å². The highest BCUT2D eigenvalue weighted by Gasteiger charge is 2.71. The lowest BCUT2D eigenvalue weighted by Gasteiger charge is -2.32. The van der Waals surface area contributed by atoms with E-state index in [1.807, 2.05) is 6.92 Å². The number of benzene rings is 3. The zero-order valence-corrected chi connectivity index (χ0v) is 23.2. The fourth-order valence-electron chi connectivity index (χ4n) is 4.63. The molecule has 43 heavy (non-hydrogen) atoms. The molecule has 224 valence electrons. The third kappa shape index (κ3) is 5.87. The second-order valence-electron chi connectivity index (χ2n) is 9.72. The van der Waals surface area contributed by atoms with E-state index >= 15 is 0 Å². The van der Waals surface area contributed by atoms with E-state index in [4.69, 9.17) is 4.74 Å². The molecule has 0 saturated carbocycles. The Morgan fingerprint density at radius 2 is 1.60 bits per heavy atom. The van der Waals surface area contributed by atoms with Crippen molar-refractivity contribution in [3.8, 4) is 11.4 Å². The lowest BCUT2D eigenvalue weighted by Crippen LogP contribution is -2.53. The molecule has 1 N–H and O–H groups in total. The van der Waals surface area contributed by atoms with Crippen LogP contribution in [-0.4, -0.2) is 38.6 Å². The number of aliphatic hydroxyl groups is 1. The van der Waals surface area contributed by atoms with E-state index in [-0.39, 0.29) is 23.3 Å². The maximum absolute atomic E-state index is 13.8. The quantitative estimate of drug-likeness (QED) is 0.196. The number of hydrogen-bond acceptors (Lipinski definition) is 6. The first kappa shape index (κ1) is 30.2. The molecule has 3 aromatic carbocycles. The fraction of sp³-hybridized carbons (Fsp3) is 0.233. The van der Waals surface area contributed by atoms with Crippen LogP contribution in [0.3, 0.4) is 0 Å². The monoisotopic (exact) mass is 619 g/mol. The Labute approximate surface area is 244 Å². The van der Waals surface area contributed by atoms with E-state index in [0.29, 0.717) is 36.4 Å². The molecule has 5 aromatic rings. The van der Waals surface area contributed by atoms with Crippen LogP contribution >= 0.6 is 11.3 Å². The Hall–Kier alpha value is -4.23. The number of alkyl halides is 6. The summed E-state index contributed by atoms with van der Waals surface area (Å²) in [6, 6.07) is 16.5. The third-order valence-electron chi connectivity index (χ3n) is 6.92. The van der Waals surface area contributed by atoms with Gasteiger partial charge < -0.3 is 9.84 Å². The SMILES string of the molecule is Cc1ncsc1CCOc1ccc2nc(Cc3ccccc3)n(-c3ccc(C(O)(C(F)(F)F)C(F)(F)F)cc3)c(=O)c2c1. The zero-order valence-electron chi connectivity index (χ0n) is 22.4. The van der Waals surface area contributed by atoms with Crippen LogP contribution in [0.5, 0.6) is 5.75 Å². The van der Waals surface area contributed by atoms with E-state index in [2.05, 4.69) is 9.97 Å². The predicted octanol–water partition coefficient (Wildman–Crippen LogP) is 6.68. The molecule has 2 heterocycles. The first-order valence-electron chi connectivity index (χ1n) is 12.9. The van der Waals surface area contributed by atoms with Crippen LogP contribution in [0.4, 0.5) is 26.3 Å². The lowest BCUT2D eigenvalue weighted by atomic mass is 9.92. The maximum atomic E-state index is 13.8. The number of aryl methyl sites for hydroxylation is 1. The van der Waals surface area contributed by atoms with E-state index in [1.54, 1.807) is 48.0 Å². The van der Waals surface area contributed by atoms with E-state index in [9.17, 15) is 36.2 Å². The molecule has 0 unspecified atom stereocenters. The molecule has 6 nitrogen and oxygen atoms in total. The summed E-state index contributed by atoms with van der Waals surface area (Å²) in [7, 11) is 0. The molecular weight excluding hydrogens is 596 g/mol. The van der Waals surface area contributed by atoms with E-state index in [0.717, 1.165) is 32.8 Å². The van der Waals surface area contributed by atoms with Crippen molar-refractivity contribution in [2.24, 2.45) is 0 Å². The van der Waals surface area contributed by atoms with Crippen molar-refractivity contribution in [2.45, 2.75) is 37.7 Å². The number of nitrogens with zero attached hydrogens (tertiary/aromatic N) is 3. The minimum atomic E-state index is -6.04. The summed E-state index contributed by atoms with van der Waals surface area (Å²) in [6.07, 6.45) is -11.3. The molecule has 0 bridgehead atoms. The van der Waals surface area contributed by atoms with Gasteiger partial charge in [-0.2, -0.15) is 26.3 Å². The van der Waals surface area contributed by atoms with Crippen molar-refractivity contribution in [1.29, 1.82) is 0 Å². The topological polar surface area (TPSA) is 77.2 Å². The normalized spacial score (nSPS) is 12.6. The molecule has 2 aromatic heterocycles. The molecule has 0 aliphatic carbocycles. The van der Waals surface area contributed by atoms with Gasteiger partial charge in [0.2, 0.25) is 0 Å². The van der Waals surface area contributed by atoms with Gasteiger partial charge in [0.25, 0.3) is 11.2 Å². The number of hydrogen-bond donors (Lipinski definition) is 1. The van der Waals surface area contributed by atoms with Crippen molar-refractivity contribution in [1.82, 2.24) is 14.5 Å². The summed E-state index contributed by atoms with van der Waals surface area (Å²) in [5.41, 5.74) is -3.43. The Kier molecular flexibility index (Phi) is 8.05. The molecular formula is C30H23F6N3O3S. The van der Waals surface area contributed by atoms with Crippen LogP contribution in [0, 0.1) is 6.92 Å². The summed E-state index contributed by atoms with van der Waals surface area (Å²) >= 11 is 1.50. The molecule has 0 saturated heterocycles. The standard InChI is InChI=1S/C30H23F6N3O3S/c1-18-25(43-17-37-18)13-14-42-22-11-12-24-23(16-22)27(40)39(26(38-24)15-19-5-3-2-4-6-19)21-9-7-20(8-10-21)28(41,29(31,32)33)30(34,35)36/h2-12,16-17,41H,13-15H2,1H3. The molecule has 0 aliphatic rings. The summed E-state index contributed by atoms with van der Waals surface area (Å²) in [5.74, 6) is 0.583. The maximum Gasteiger partial charge on any atom is 0.430 e.